The molecule has 0 unspecified atom stereocenters. The fourth-order valence-electron chi connectivity index (χ4n) is 2.50. The van der Waals surface area contributed by atoms with Crippen LogP contribution in [0, 0.1) is 6.92 Å². The zero-order valence-electron chi connectivity index (χ0n) is 13.1. The molecule has 2 amide bonds. The van der Waals surface area contributed by atoms with Gasteiger partial charge in [0.25, 0.3) is 0 Å². The largest absolute Gasteiger partial charge is 0.468 e. The molecular formula is C14H22N4O4. The third-order valence-electron chi connectivity index (χ3n) is 3.97. The summed E-state index contributed by atoms with van der Waals surface area (Å²) in [6, 6.07) is -0.294. The topological polar surface area (TPSA) is 94.5 Å². The summed E-state index contributed by atoms with van der Waals surface area (Å²) >= 11 is 0. The van der Waals surface area contributed by atoms with Gasteiger partial charge in [0.05, 0.1) is 36.8 Å². The molecule has 0 saturated heterocycles. The Kier molecular flexibility index (Phi) is 5.02. The molecule has 1 fully saturated rings. The maximum Gasteiger partial charge on any atom is 0.327 e. The molecule has 1 aliphatic carbocycles. The second-order valence-corrected chi connectivity index (χ2v) is 5.52. The fourth-order valence-corrected chi connectivity index (χ4v) is 2.50. The lowest BCUT2D eigenvalue weighted by Crippen LogP contribution is -2.57. The summed E-state index contributed by atoms with van der Waals surface area (Å²) in [6.07, 6.45) is 4.42. The van der Waals surface area contributed by atoms with Gasteiger partial charge in [-0.15, -0.1) is 0 Å². The van der Waals surface area contributed by atoms with Crippen molar-refractivity contribution in [2.75, 3.05) is 26.1 Å². The van der Waals surface area contributed by atoms with Crippen LogP contribution in [0.2, 0.25) is 0 Å². The highest BCUT2D eigenvalue weighted by atomic mass is 16.5. The number of amides is 2. The predicted octanol–water partition coefficient (Wildman–Crippen LogP) is 1.06. The van der Waals surface area contributed by atoms with Crippen LogP contribution in [0.1, 0.15) is 25.0 Å². The number of urea groups is 1. The molecule has 2 N–H and O–H groups in total. The first-order chi connectivity index (χ1) is 10.5. The lowest BCUT2D eigenvalue weighted by molar-refractivity contribution is -0.141. The Labute approximate surface area is 129 Å². The standard InChI is InChI=1S/C14H22N4O4/c1-10-11(7-15-18(10)8-12(19)22-3)16-13(20)17-14(9-21-2)5-4-6-14/h7H,4-6,8-9H2,1-3H3,(H2,16,17,20). The van der Waals surface area contributed by atoms with Gasteiger partial charge >= 0.3 is 12.0 Å². The van der Waals surface area contributed by atoms with Crippen LogP contribution in [-0.2, 0) is 20.8 Å². The van der Waals surface area contributed by atoms with Gasteiger partial charge in [0.15, 0.2) is 0 Å². The third kappa shape index (κ3) is 3.56. The lowest BCUT2D eigenvalue weighted by atomic mass is 9.77. The first kappa shape index (κ1) is 16.3. The number of ether oxygens (including phenoxy) is 2. The molecule has 0 bridgehead atoms. The number of carbonyl (C=O) groups excluding carboxylic acids is 2. The summed E-state index contributed by atoms with van der Waals surface area (Å²) < 4.78 is 11.3. The molecule has 122 valence electrons. The average Bonchev–Trinajstić information content (AvgIpc) is 2.78. The number of hydrogen-bond acceptors (Lipinski definition) is 5. The molecule has 0 atom stereocenters. The Bertz CT molecular complexity index is 551. The Balaban J connectivity index is 1.96. The van der Waals surface area contributed by atoms with Crippen molar-refractivity contribution in [2.45, 2.75) is 38.3 Å². The molecule has 1 heterocycles. The molecule has 0 aromatic carbocycles. The van der Waals surface area contributed by atoms with Crippen LogP contribution < -0.4 is 10.6 Å². The van der Waals surface area contributed by atoms with E-state index in [1.54, 1.807) is 14.0 Å². The number of nitrogens with one attached hydrogen (secondary N) is 2. The number of rotatable bonds is 6. The summed E-state index contributed by atoms with van der Waals surface area (Å²) in [5, 5.41) is 9.80. The van der Waals surface area contributed by atoms with Gasteiger partial charge in [0.1, 0.15) is 6.54 Å². The molecule has 1 saturated carbocycles. The average molecular weight is 310 g/mol. The normalized spacial score (nSPS) is 15.8. The van der Waals surface area contributed by atoms with Crippen molar-refractivity contribution in [3.8, 4) is 0 Å². The summed E-state index contributed by atoms with van der Waals surface area (Å²) in [4.78, 5) is 23.4. The van der Waals surface area contributed by atoms with Gasteiger partial charge in [0, 0.05) is 7.11 Å². The van der Waals surface area contributed by atoms with Gasteiger partial charge in [-0.2, -0.15) is 5.10 Å². The minimum Gasteiger partial charge on any atom is -0.468 e. The maximum atomic E-state index is 12.1. The molecule has 1 aromatic heterocycles. The van der Waals surface area contributed by atoms with Crippen LogP contribution in [0.3, 0.4) is 0 Å². The zero-order chi connectivity index (χ0) is 16.2. The predicted molar refractivity (Wildman–Crippen MR) is 79.6 cm³/mol. The number of hydrogen-bond donors (Lipinski definition) is 2. The van der Waals surface area contributed by atoms with E-state index in [9.17, 15) is 9.59 Å². The number of aromatic nitrogens is 2. The van der Waals surface area contributed by atoms with Gasteiger partial charge in [0.2, 0.25) is 0 Å². The monoisotopic (exact) mass is 310 g/mol. The Morgan fingerprint density at radius 2 is 2.14 bits per heavy atom. The molecule has 2 rings (SSSR count). The van der Waals surface area contributed by atoms with Crippen LogP contribution in [0.5, 0.6) is 0 Å². The van der Waals surface area contributed by atoms with Gasteiger partial charge in [-0.25, -0.2) is 4.79 Å². The van der Waals surface area contributed by atoms with E-state index >= 15 is 0 Å². The van der Waals surface area contributed by atoms with Gasteiger partial charge in [-0.05, 0) is 26.2 Å². The van der Waals surface area contributed by atoms with Crippen molar-refractivity contribution >= 4 is 17.7 Å². The van der Waals surface area contributed by atoms with Crippen molar-refractivity contribution in [2.24, 2.45) is 0 Å². The molecule has 8 nitrogen and oxygen atoms in total. The number of methoxy groups -OCH3 is 2. The molecular weight excluding hydrogens is 288 g/mol. The fraction of sp³-hybridized carbons (Fsp3) is 0.643. The van der Waals surface area contributed by atoms with Crippen LogP contribution in [0.4, 0.5) is 10.5 Å². The Morgan fingerprint density at radius 1 is 1.41 bits per heavy atom. The Hall–Kier alpha value is -2.09. The van der Waals surface area contributed by atoms with Crippen molar-refractivity contribution in [1.29, 1.82) is 0 Å². The second-order valence-electron chi connectivity index (χ2n) is 5.52. The summed E-state index contributed by atoms with van der Waals surface area (Å²) in [5.74, 6) is -0.393. The van der Waals surface area contributed by atoms with Crippen molar-refractivity contribution < 1.29 is 19.1 Å². The van der Waals surface area contributed by atoms with E-state index in [2.05, 4.69) is 20.5 Å². The third-order valence-corrected chi connectivity index (χ3v) is 3.97. The molecule has 0 spiro atoms. The van der Waals surface area contributed by atoms with Gasteiger partial charge in [-0.1, -0.05) is 0 Å². The number of anilines is 1. The van der Waals surface area contributed by atoms with Crippen LogP contribution in [0.25, 0.3) is 0 Å². The number of carbonyl (C=O) groups is 2. The molecule has 0 radical (unpaired) electrons. The quantitative estimate of drug-likeness (QED) is 0.766. The number of nitrogens with zero attached hydrogens (tertiary/aromatic N) is 2. The van der Waals surface area contributed by atoms with Gasteiger partial charge in [-0.3, -0.25) is 9.48 Å². The highest BCUT2D eigenvalue weighted by Gasteiger charge is 2.38. The van der Waals surface area contributed by atoms with Gasteiger partial charge < -0.3 is 20.1 Å². The second kappa shape index (κ2) is 6.78. The number of esters is 1. The first-order valence-electron chi connectivity index (χ1n) is 7.17. The van der Waals surface area contributed by atoms with Crippen molar-refractivity contribution in [3.05, 3.63) is 11.9 Å². The minimum atomic E-state index is -0.393. The van der Waals surface area contributed by atoms with E-state index < -0.39 is 5.97 Å². The molecule has 22 heavy (non-hydrogen) atoms. The smallest absolute Gasteiger partial charge is 0.327 e. The van der Waals surface area contributed by atoms with E-state index in [1.807, 2.05) is 0 Å². The van der Waals surface area contributed by atoms with Crippen molar-refractivity contribution in [3.63, 3.8) is 0 Å². The van der Waals surface area contributed by atoms with Crippen LogP contribution >= 0.6 is 0 Å². The van der Waals surface area contributed by atoms with E-state index in [-0.39, 0.29) is 18.1 Å². The lowest BCUT2D eigenvalue weighted by Gasteiger charge is -2.41. The van der Waals surface area contributed by atoms with Crippen LogP contribution in [0.15, 0.2) is 6.20 Å². The molecule has 1 aliphatic rings. The molecule has 1 aromatic rings. The highest BCUT2D eigenvalue weighted by Crippen LogP contribution is 2.32. The van der Waals surface area contributed by atoms with E-state index in [4.69, 9.17) is 4.74 Å². The highest BCUT2D eigenvalue weighted by molar-refractivity contribution is 5.90. The summed E-state index contributed by atoms with van der Waals surface area (Å²) in [5.41, 5.74) is 0.984. The molecule has 8 heteroatoms. The van der Waals surface area contributed by atoms with E-state index in [0.717, 1.165) is 19.3 Å². The Morgan fingerprint density at radius 3 is 2.68 bits per heavy atom. The maximum absolute atomic E-state index is 12.1. The zero-order valence-corrected chi connectivity index (χ0v) is 13.1. The summed E-state index contributed by atoms with van der Waals surface area (Å²) in [7, 11) is 2.95. The van der Waals surface area contributed by atoms with Crippen LogP contribution in [-0.4, -0.2) is 48.1 Å². The van der Waals surface area contributed by atoms with E-state index in [0.29, 0.717) is 18.0 Å². The minimum absolute atomic E-state index is 0.0131. The van der Waals surface area contributed by atoms with E-state index in [1.165, 1.54) is 18.0 Å². The molecule has 0 aliphatic heterocycles. The van der Waals surface area contributed by atoms with Crippen molar-refractivity contribution in [1.82, 2.24) is 15.1 Å². The summed E-state index contributed by atoms with van der Waals surface area (Å²) in [6.45, 7) is 2.29. The first-order valence-corrected chi connectivity index (χ1v) is 7.17. The SMILES string of the molecule is COCC1(NC(=O)Nc2cnn(CC(=O)OC)c2C)CCC1.